The van der Waals surface area contributed by atoms with Crippen LogP contribution in [0.25, 0.3) is 0 Å². The van der Waals surface area contributed by atoms with Crippen LogP contribution in [-0.2, 0) is 6.54 Å². The number of hydrogen-bond acceptors (Lipinski definition) is 3. The second-order valence-corrected chi connectivity index (χ2v) is 6.09. The molecule has 0 aromatic carbocycles. The first-order chi connectivity index (χ1) is 9.33. The van der Waals surface area contributed by atoms with Crippen LogP contribution >= 0.6 is 0 Å². The zero-order valence-electron chi connectivity index (χ0n) is 11.9. The summed E-state index contributed by atoms with van der Waals surface area (Å²) >= 11 is 0. The first-order valence-electron chi connectivity index (χ1n) is 7.71. The van der Waals surface area contributed by atoms with E-state index < -0.39 is 0 Å². The summed E-state index contributed by atoms with van der Waals surface area (Å²) in [5.41, 5.74) is 2.40. The largest absolute Gasteiger partial charge is 0.314 e. The molecule has 0 spiro atoms. The molecule has 3 nitrogen and oxygen atoms in total. The van der Waals surface area contributed by atoms with E-state index >= 15 is 0 Å². The first kappa shape index (κ1) is 13.1. The Labute approximate surface area is 116 Å². The molecule has 1 aromatic heterocycles. The van der Waals surface area contributed by atoms with Crippen LogP contribution in [0.15, 0.2) is 18.3 Å². The van der Waals surface area contributed by atoms with Gasteiger partial charge in [0, 0.05) is 30.5 Å². The number of aromatic nitrogens is 1. The molecule has 1 aliphatic carbocycles. The van der Waals surface area contributed by atoms with Crippen LogP contribution < -0.4 is 10.6 Å². The van der Waals surface area contributed by atoms with Crippen LogP contribution in [0.4, 0.5) is 0 Å². The molecule has 3 heteroatoms. The normalized spacial score (nSPS) is 30.9. The van der Waals surface area contributed by atoms with Crippen LogP contribution in [0.1, 0.15) is 43.4 Å². The lowest BCUT2D eigenvalue weighted by Crippen LogP contribution is -2.41. The van der Waals surface area contributed by atoms with Gasteiger partial charge in [0.1, 0.15) is 0 Å². The second-order valence-electron chi connectivity index (χ2n) is 6.09. The Balaban J connectivity index is 1.55. The third-order valence-corrected chi connectivity index (χ3v) is 4.73. The van der Waals surface area contributed by atoms with E-state index in [1.807, 2.05) is 13.1 Å². The molecule has 0 amide bonds. The van der Waals surface area contributed by atoms with Crippen molar-refractivity contribution < 1.29 is 0 Å². The number of hydrogen-bond donors (Lipinski definition) is 2. The highest BCUT2D eigenvalue weighted by Crippen LogP contribution is 2.32. The highest BCUT2D eigenvalue weighted by Gasteiger charge is 2.34. The van der Waals surface area contributed by atoms with Gasteiger partial charge in [-0.15, -0.1) is 0 Å². The standard InChI is InChI=1S/C16H25N3/c1-12-7-8-13(10-18-12)11-19-16-5-2-4-14(16)15-6-3-9-17-15/h7-8,10,14-17,19H,2-6,9,11H2,1H3. The van der Waals surface area contributed by atoms with Crippen molar-refractivity contribution in [2.45, 2.75) is 57.7 Å². The summed E-state index contributed by atoms with van der Waals surface area (Å²) in [6.07, 6.45) is 8.83. The van der Waals surface area contributed by atoms with E-state index in [4.69, 9.17) is 0 Å². The minimum atomic E-state index is 0.692. The summed E-state index contributed by atoms with van der Waals surface area (Å²) in [6, 6.07) is 5.74. The number of aryl methyl sites for hydroxylation is 1. The zero-order chi connectivity index (χ0) is 13.1. The Morgan fingerprint density at radius 2 is 2.21 bits per heavy atom. The van der Waals surface area contributed by atoms with Crippen molar-refractivity contribution in [3.05, 3.63) is 29.6 Å². The van der Waals surface area contributed by atoms with Crippen LogP contribution in [0.2, 0.25) is 0 Å². The quantitative estimate of drug-likeness (QED) is 0.872. The van der Waals surface area contributed by atoms with Gasteiger partial charge in [-0.05, 0) is 56.7 Å². The third kappa shape index (κ3) is 3.15. The van der Waals surface area contributed by atoms with Crippen LogP contribution in [0.3, 0.4) is 0 Å². The topological polar surface area (TPSA) is 37.0 Å². The van der Waals surface area contributed by atoms with Crippen molar-refractivity contribution in [3.8, 4) is 0 Å². The Morgan fingerprint density at radius 1 is 1.26 bits per heavy atom. The van der Waals surface area contributed by atoms with Gasteiger partial charge in [0.25, 0.3) is 0 Å². The van der Waals surface area contributed by atoms with E-state index in [1.165, 1.54) is 44.2 Å². The monoisotopic (exact) mass is 259 g/mol. The summed E-state index contributed by atoms with van der Waals surface area (Å²) in [5, 5.41) is 7.45. The molecule has 2 fully saturated rings. The lowest BCUT2D eigenvalue weighted by atomic mass is 9.93. The van der Waals surface area contributed by atoms with Gasteiger partial charge in [0.15, 0.2) is 0 Å². The molecule has 1 saturated heterocycles. The molecule has 2 aliphatic rings. The summed E-state index contributed by atoms with van der Waals surface area (Å²) in [4.78, 5) is 4.37. The summed E-state index contributed by atoms with van der Waals surface area (Å²) in [6.45, 7) is 4.22. The minimum Gasteiger partial charge on any atom is -0.314 e. The van der Waals surface area contributed by atoms with Gasteiger partial charge < -0.3 is 10.6 Å². The number of nitrogens with one attached hydrogen (secondary N) is 2. The van der Waals surface area contributed by atoms with Crippen molar-refractivity contribution in [2.24, 2.45) is 5.92 Å². The van der Waals surface area contributed by atoms with E-state index in [0.29, 0.717) is 6.04 Å². The minimum absolute atomic E-state index is 0.692. The Hall–Kier alpha value is -0.930. The van der Waals surface area contributed by atoms with E-state index in [1.54, 1.807) is 0 Å². The van der Waals surface area contributed by atoms with Crippen molar-refractivity contribution >= 4 is 0 Å². The van der Waals surface area contributed by atoms with Gasteiger partial charge in [-0.3, -0.25) is 4.98 Å². The van der Waals surface area contributed by atoms with Crippen molar-refractivity contribution in [1.29, 1.82) is 0 Å². The summed E-state index contributed by atoms with van der Waals surface area (Å²) in [7, 11) is 0. The van der Waals surface area contributed by atoms with Gasteiger partial charge in [-0.25, -0.2) is 0 Å². The van der Waals surface area contributed by atoms with E-state index in [9.17, 15) is 0 Å². The maximum absolute atomic E-state index is 4.37. The molecule has 0 bridgehead atoms. The van der Waals surface area contributed by atoms with Gasteiger partial charge in [0.2, 0.25) is 0 Å². The lowest BCUT2D eigenvalue weighted by Gasteiger charge is -2.26. The molecule has 104 valence electrons. The van der Waals surface area contributed by atoms with Crippen molar-refractivity contribution in [1.82, 2.24) is 15.6 Å². The zero-order valence-corrected chi connectivity index (χ0v) is 11.9. The molecule has 19 heavy (non-hydrogen) atoms. The van der Waals surface area contributed by atoms with Crippen LogP contribution in [0, 0.1) is 12.8 Å². The van der Waals surface area contributed by atoms with Gasteiger partial charge in [-0.1, -0.05) is 12.5 Å². The highest BCUT2D eigenvalue weighted by molar-refractivity contribution is 5.13. The molecular weight excluding hydrogens is 234 g/mol. The maximum Gasteiger partial charge on any atom is 0.0372 e. The Morgan fingerprint density at radius 3 is 2.95 bits per heavy atom. The molecule has 3 unspecified atom stereocenters. The Kier molecular flexibility index (Phi) is 4.14. The lowest BCUT2D eigenvalue weighted by molar-refractivity contribution is 0.320. The number of pyridine rings is 1. The van der Waals surface area contributed by atoms with Gasteiger partial charge in [-0.2, -0.15) is 0 Å². The molecule has 2 N–H and O–H groups in total. The number of rotatable bonds is 4. The number of nitrogens with zero attached hydrogens (tertiary/aromatic N) is 1. The van der Waals surface area contributed by atoms with E-state index in [2.05, 4.69) is 27.8 Å². The molecule has 1 aliphatic heterocycles. The molecule has 3 rings (SSSR count). The fourth-order valence-electron chi connectivity index (χ4n) is 3.65. The SMILES string of the molecule is Cc1ccc(CNC2CCCC2C2CCCN2)cn1. The van der Waals surface area contributed by atoms with Crippen LogP contribution in [0.5, 0.6) is 0 Å². The molecule has 2 heterocycles. The smallest absolute Gasteiger partial charge is 0.0372 e. The van der Waals surface area contributed by atoms with E-state index in [0.717, 1.165) is 24.2 Å². The maximum atomic E-state index is 4.37. The predicted molar refractivity (Wildman–Crippen MR) is 78.0 cm³/mol. The molecular formula is C16H25N3. The molecule has 1 saturated carbocycles. The fourth-order valence-corrected chi connectivity index (χ4v) is 3.65. The van der Waals surface area contributed by atoms with Crippen LogP contribution in [-0.4, -0.2) is 23.6 Å². The highest BCUT2D eigenvalue weighted by atomic mass is 15.0. The van der Waals surface area contributed by atoms with Gasteiger partial charge >= 0.3 is 0 Å². The Bertz CT molecular complexity index is 395. The third-order valence-electron chi connectivity index (χ3n) is 4.73. The summed E-state index contributed by atoms with van der Waals surface area (Å²) in [5.74, 6) is 0.834. The first-order valence-corrected chi connectivity index (χ1v) is 7.71. The van der Waals surface area contributed by atoms with E-state index in [-0.39, 0.29) is 0 Å². The predicted octanol–water partition coefficient (Wildman–Crippen LogP) is 2.40. The van der Waals surface area contributed by atoms with Crippen molar-refractivity contribution in [3.63, 3.8) is 0 Å². The van der Waals surface area contributed by atoms with Gasteiger partial charge in [0.05, 0.1) is 0 Å². The second kappa shape index (κ2) is 6.02. The average molecular weight is 259 g/mol. The summed E-state index contributed by atoms with van der Waals surface area (Å²) < 4.78 is 0. The average Bonchev–Trinajstić information content (AvgIpc) is 3.08. The fraction of sp³-hybridized carbons (Fsp3) is 0.688. The molecule has 1 aromatic rings. The molecule has 3 atom stereocenters. The molecule has 0 radical (unpaired) electrons. The van der Waals surface area contributed by atoms with Crippen molar-refractivity contribution in [2.75, 3.05) is 6.54 Å².